The van der Waals surface area contributed by atoms with Crippen molar-refractivity contribution < 1.29 is 9.59 Å². The number of amides is 2. The van der Waals surface area contributed by atoms with Gasteiger partial charge < -0.3 is 5.32 Å². The Morgan fingerprint density at radius 1 is 0.912 bits per heavy atom. The van der Waals surface area contributed by atoms with Gasteiger partial charge in [-0.15, -0.1) is 22.0 Å². The maximum absolute atomic E-state index is 13.1. The van der Waals surface area contributed by atoms with Crippen LogP contribution in [-0.2, 0) is 9.59 Å². The van der Waals surface area contributed by atoms with Gasteiger partial charge in [0.2, 0.25) is 16.9 Å². The van der Waals surface area contributed by atoms with Gasteiger partial charge in [0.15, 0.2) is 0 Å². The molecule has 1 aromatic heterocycles. The average molecular weight is 487 g/mol. The SMILES string of the molecule is Cc1nnc(NC(=O)C(Sc2cccc(NC(=O)/C=C/c3ccccc3)c2)c2ccccc2)s1. The highest BCUT2D eigenvalue weighted by Gasteiger charge is 2.23. The number of rotatable bonds is 8. The minimum atomic E-state index is -0.505. The van der Waals surface area contributed by atoms with Crippen molar-refractivity contribution in [2.75, 3.05) is 10.6 Å². The first-order valence-corrected chi connectivity index (χ1v) is 12.2. The molecule has 34 heavy (non-hydrogen) atoms. The zero-order chi connectivity index (χ0) is 23.8. The number of thioether (sulfide) groups is 1. The Bertz CT molecular complexity index is 1290. The van der Waals surface area contributed by atoms with Gasteiger partial charge >= 0.3 is 0 Å². The highest BCUT2D eigenvalue weighted by atomic mass is 32.2. The summed E-state index contributed by atoms with van der Waals surface area (Å²) in [4.78, 5) is 26.4. The van der Waals surface area contributed by atoms with E-state index in [1.54, 1.807) is 6.08 Å². The van der Waals surface area contributed by atoms with Gasteiger partial charge in [0.05, 0.1) is 0 Å². The second-order valence-corrected chi connectivity index (χ2v) is 9.65. The van der Waals surface area contributed by atoms with Crippen molar-refractivity contribution in [3.8, 4) is 0 Å². The molecule has 8 heteroatoms. The van der Waals surface area contributed by atoms with Crippen LogP contribution < -0.4 is 10.6 Å². The maximum Gasteiger partial charge on any atom is 0.248 e. The zero-order valence-electron chi connectivity index (χ0n) is 18.3. The Morgan fingerprint density at radius 3 is 2.35 bits per heavy atom. The third kappa shape index (κ3) is 6.63. The van der Waals surface area contributed by atoms with E-state index >= 15 is 0 Å². The van der Waals surface area contributed by atoms with E-state index in [2.05, 4.69) is 20.8 Å². The molecule has 0 fully saturated rings. The van der Waals surface area contributed by atoms with Gasteiger partial charge in [-0.1, -0.05) is 78.1 Å². The molecule has 2 amide bonds. The fraction of sp³-hybridized carbons (Fsp3) is 0.0769. The van der Waals surface area contributed by atoms with Gasteiger partial charge in [0.25, 0.3) is 0 Å². The van der Waals surface area contributed by atoms with Crippen LogP contribution in [0.4, 0.5) is 10.8 Å². The van der Waals surface area contributed by atoms with E-state index in [-0.39, 0.29) is 11.8 Å². The van der Waals surface area contributed by atoms with Crippen LogP contribution in [0.2, 0.25) is 0 Å². The van der Waals surface area contributed by atoms with E-state index in [1.165, 1.54) is 29.2 Å². The summed E-state index contributed by atoms with van der Waals surface area (Å²) in [5.74, 6) is -0.414. The smallest absolute Gasteiger partial charge is 0.248 e. The minimum Gasteiger partial charge on any atom is -0.322 e. The number of aryl methyl sites for hydroxylation is 1. The fourth-order valence-electron chi connectivity index (χ4n) is 3.12. The molecule has 1 unspecified atom stereocenters. The van der Waals surface area contributed by atoms with Crippen LogP contribution in [0.25, 0.3) is 6.08 Å². The molecule has 170 valence electrons. The fourth-order valence-corrected chi connectivity index (χ4v) is 4.80. The summed E-state index contributed by atoms with van der Waals surface area (Å²) < 4.78 is 0. The van der Waals surface area contributed by atoms with Gasteiger partial charge in [0.1, 0.15) is 10.3 Å². The molecule has 0 aliphatic rings. The van der Waals surface area contributed by atoms with E-state index in [1.807, 2.05) is 91.9 Å². The van der Waals surface area contributed by atoms with Crippen LogP contribution in [0.3, 0.4) is 0 Å². The lowest BCUT2D eigenvalue weighted by atomic mass is 10.1. The van der Waals surface area contributed by atoms with Crippen molar-refractivity contribution >= 4 is 51.8 Å². The molecule has 0 radical (unpaired) electrons. The highest BCUT2D eigenvalue weighted by Crippen LogP contribution is 2.37. The van der Waals surface area contributed by atoms with E-state index in [4.69, 9.17) is 0 Å². The Balaban J connectivity index is 1.48. The second-order valence-electron chi connectivity index (χ2n) is 7.29. The summed E-state index contributed by atoms with van der Waals surface area (Å²) in [6.45, 7) is 1.84. The van der Waals surface area contributed by atoms with Crippen molar-refractivity contribution in [2.45, 2.75) is 17.1 Å². The van der Waals surface area contributed by atoms with Crippen LogP contribution in [0.1, 0.15) is 21.4 Å². The van der Waals surface area contributed by atoms with Crippen LogP contribution >= 0.6 is 23.1 Å². The highest BCUT2D eigenvalue weighted by molar-refractivity contribution is 8.00. The number of nitrogens with one attached hydrogen (secondary N) is 2. The number of anilines is 2. The van der Waals surface area contributed by atoms with Crippen molar-refractivity contribution in [3.63, 3.8) is 0 Å². The number of aromatic nitrogens is 2. The normalized spacial score (nSPS) is 11.8. The molecule has 3 aromatic carbocycles. The van der Waals surface area contributed by atoms with Crippen LogP contribution in [0.15, 0.2) is 95.9 Å². The third-order valence-corrected chi connectivity index (χ3v) is 6.68. The Labute approximate surface area is 206 Å². The number of nitrogens with zero attached hydrogens (tertiary/aromatic N) is 2. The molecule has 0 spiro atoms. The molecule has 0 aliphatic heterocycles. The molecular formula is C26H22N4O2S2. The molecule has 6 nitrogen and oxygen atoms in total. The van der Waals surface area contributed by atoms with Gasteiger partial charge in [0, 0.05) is 16.7 Å². The summed E-state index contributed by atoms with van der Waals surface area (Å²) in [5, 5.41) is 14.5. The summed E-state index contributed by atoms with van der Waals surface area (Å²) in [6.07, 6.45) is 3.26. The minimum absolute atomic E-state index is 0.187. The third-order valence-electron chi connectivity index (χ3n) is 4.68. The molecule has 2 N–H and O–H groups in total. The number of carbonyl (C=O) groups excluding carboxylic acids is 2. The number of hydrogen-bond donors (Lipinski definition) is 2. The van der Waals surface area contributed by atoms with Crippen LogP contribution in [0.5, 0.6) is 0 Å². The molecule has 0 saturated carbocycles. The maximum atomic E-state index is 13.1. The summed E-state index contributed by atoms with van der Waals surface area (Å²) in [7, 11) is 0. The first kappa shape index (κ1) is 23.4. The average Bonchev–Trinajstić information content (AvgIpc) is 3.27. The lowest BCUT2D eigenvalue weighted by Crippen LogP contribution is -2.19. The van der Waals surface area contributed by atoms with Gasteiger partial charge in [-0.2, -0.15) is 0 Å². The summed E-state index contributed by atoms with van der Waals surface area (Å²) in [5.41, 5.74) is 2.47. The van der Waals surface area contributed by atoms with E-state index in [0.29, 0.717) is 10.8 Å². The summed E-state index contributed by atoms with van der Waals surface area (Å²) >= 11 is 2.73. The number of hydrogen-bond acceptors (Lipinski definition) is 6. The number of carbonyl (C=O) groups is 2. The van der Waals surface area contributed by atoms with Crippen molar-refractivity contribution in [1.29, 1.82) is 0 Å². The first-order chi connectivity index (χ1) is 16.6. The van der Waals surface area contributed by atoms with E-state index in [0.717, 1.165) is 21.0 Å². The molecule has 4 rings (SSSR count). The monoisotopic (exact) mass is 486 g/mol. The predicted molar refractivity (Wildman–Crippen MR) is 139 cm³/mol. The zero-order valence-corrected chi connectivity index (χ0v) is 20.0. The van der Waals surface area contributed by atoms with Crippen molar-refractivity contribution in [2.24, 2.45) is 0 Å². The molecule has 4 aromatic rings. The molecule has 1 heterocycles. The summed E-state index contributed by atoms with van der Waals surface area (Å²) in [6, 6.07) is 26.6. The Hall–Kier alpha value is -3.75. The van der Waals surface area contributed by atoms with E-state index in [9.17, 15) is 9.59 Å². The standard InChI is InChI=1S/C26H22N4O2S2/c1-18-29-30-26(33-18)28-25(32)24(20-11-6-3-7-12-20)34-22-14-8-13-21(17-22)27-23(31)16-15-19-9-4-2-5-10-19/h2-17,24H,1H3,(H,27,31)(H,28,30,32)/b16-15+. The molecule has 0 bridgehead atoms. The quantitative estimate of drug-likeness (QED) is 0.237. The Morgan fingerprint density at radius 2 is 1.65 bits per heavy atom. The van der Waals surface area contributed by atoms with Crippen LogP contribution in [0, 0.1) is 6.92 Å². The van der Waals surface area contributed by atoms with Gasteiger partial charge in [-0.3, -0.25) is 14.9 Å². The van der Waals surface area contributed by atoms with Gasteiger partial charge in [-0.25, -0.2) is 0 Å². The molecule has 0 aliphatic carbocycles. The van der Waals surface area contributed by atoms with Crippen molar-refractivity contribution in [3.05, 3.63) is 107 Å². The van der Waals surface area contributed by atoms with E-state index < -0.39 is 5.25 Å². The topological polar surface area (TPSA) is 84.0 Å². The first-order valence-electron chi connectivity index (χ1n) is 10.5. The largest absolute Gasteiger partial charge is 0.322 e. The molecule has 1 atom stereocenters. The number of benzene rings is 3. The van der Waals surface area contributed by atoms with Gasteiger partial charge in [-0.05, 0) is 42.3 Å². The molecule has 0 saturated heterocycles. The predicted octanol–water partition coefficient (Wildman–Crippen LogP) is 5.97. The lowest BCUT2D eigenvalue weighted by molar-refractivity contribution is -0.116. The Kier molecular flexibility index (Phi) is 7.85. The molecular weight excluding hydrogens is 464 g/mol. The second kappa shape index (κ2) is 11.4. The lowest BCUT2D eigenvalue weighted by Gasteiger charge is -2.16. The van der Waals surface area contributed by atoms with Crippen molar-refractivity contribution in [1.82, 2.24) is 10.2 Å². The van der Waals surface area contributed by atoms with Crippen LogP contribution in [-0.4, -0.2) is 22.0 Å².